The van der Waals surface area contributed by atoms with Gasteiger partial charge < -0.3 is 30.7 Å². The lowest BCUT2D eigenvalue weighted by molar-refractivity contribution is 0.355. The summed E-state index contributed by atoms with van der Waals surface area (Å²) >= 11 is 0. The van der Waals surface area contributed by atoms with Crippen LogP contribution in [0.5, 0.6) is 11.5 Å². The third-order valence-corrected chi connectivity index (χ3v) is 15.1. The van der Waals surface area contributed by atoms with Crippen LogP contribution in [0, 0.1) is 5.92 Å². The first-order valence-electron chi connectivity index (χ1n) is 34.1. The zero-order valence-corrected chi connectivity index (χ0v) is 60.8. The van der Waals surface area contributed by atoms with Crippen LogP contribution in [0.3, 0.4) is 0 Å². The molecule has 14 heteroatoms. The van der Waals surface area contributed by atoms with Gasteiger partial charge in [-0.3, -0.25) is 4.99 Å². The first kappa shape index (κ1) is 77.9. The summed E-state index contributed by atoms with van der Waals surface area (Å²) in [5, 5.41) is 13.5. The molecule has 0 aromatic heterocycles. The number of methoxy groups -OCH3 is 2. The maximum absolute atomic E-state index is 5.32. The van der Waals surface area contributed by atoms with Gasteiger partial charge in [0.2, 0.25) is 23.8 Å². The van der Waals surface area contributed by atoms with Gasteiger partial charge >= 0.3 is 0 Å². The van der Waals surface area contributed by atoms with Crippen LogP contribution in [0.1, 0.15) is 228 Å². The normalized spacial score (nSPS) is 13.0. The van der Waals surface area contributed by atoms with E-state index in [0.29, 0.717) is 59.0 Å². The van der Waals surface area contributed by atoms with E-state index in [9.17, 15) is 0 Å². The number of para-hydroxylation sites is 5. The summed E-state index contributed by atoms with van der Waals surface area (Å²) in [6.45, 7) is 39.1. The molecular formula is C80H114N12O2. The lowest BCUT2D eigenvalue weighted by atomic mass is 9.92. The summed E-state index contributed by atoms with van der Waals surface area (Å²) in [6.07, 6.45) is 11.3. The van der Waals surface area contributed by atoms with Crippen molar-refractivity contribution in [2.75, 3.05) is 42.0 Å². The highest BCUT2D eigenvalue weighted by Crippen LogP contribution is 2.37. The summed E-state index contributed by atoms with van der Waals surface area (Å²) in [5.41, 5.74) is 15.0. The number of nitrogens with zero attached hydrogens (tertiary/aromatic N) is 8. The van der Waals surface area contributed by atoms with Crippen LogP contribution in [0.2, 0.25) is 0 Å². The topological polar surface area (TPSA) is 165 Å². The Morgan fingerprint density at radius 3 is 1.34 bits per heavy atom. The fraction of sp³-hybridized carbons (Fsp3) is 0.450. The van der Waals surface area contributed by atoms with Crippen LogP contribution in [0.15, 0.2) is 186 Å². The molecule has 0 saturated heterocycles. The number of rotatable bonds is 19. The van der Waals surface area contributed by atoms with Crippen molar-refractivity contribution in [3.05, 3.63) is 168 Å². The smallest absolute Gasteiger partial charge is 0.227 e. The molecule has 14 nitrogen and oxygen atoms in total. The van der Waals surface area contributed by atoms with Gasteiger partial charge in [-0.1, -0.05) is 199 Å². The van der Waals surface area contributed by atoms with Gasteiger partial charge in [0.25, 0.3) is 0 Å². The molecule has 1 fully saturated rings. The van der Waals surface area contributed by atoms with Gasteiger partial charge in [0, 0.05) is 58.2 Å². The van der Waals surface area contributed by atoms with Gasteiger partial charge in [0.15, 0.2) is 11.5 Å². The average molecular weight is 1280 g/mol. The molecule has 0 radical (unpaired) electrons. The number of nitrogens with one attached hydrogen (secondary N) is 4. The Morgan fingerprint density at radius 2 is 0.883 bits per heavy atom. The number of benzene rings is 6. The van der Waals surface area contributed by atoms with Crippen molar-refractivity contribution >= 4 is 80.8 Å². The molecule has 6 aromatic rings. The minimum absolute atomic E-state index is 0.388. The van der Waals surface area contributed by atoms with Gasteiger partial charge in [0.05, 0.1) is 31.6 Å². The van der Waals surface area contributed by atoms with Crippen molar-refractivity contribution in [3.63, 3.8) is 0 Å². The molecule has 0 spiro atoms. The van der Waals surface area contributed by atoms with Gasteiger partial charge in [-0.2, -0.15) is 0 Å². The van der Waals surface area contributed by atoms with Crippen LogP contribution in [0.25, 0.3) is 0 Å². The van der Waals surface area contributed by atoms with Gasteiger partial charge in [-0.05, 0) is 175 Å². The number of unbranched alkanes of at least 4 members (excludes halogenated alkanes) is 1. The van der Waals surface area contributed by atoms with Crippen LogP contribution in [0.4, 0.5) is 34.1 Å². The van der Waals surface area contributed by atoms with E-state index >= 15 is 0 Å². The number of guanidine groups is 4. The van der Waals surface area contributed by atoms with E-state index in [1.165, 1.54) is 80.0 Å². The zero-order chi connectivity index (χ0) is 69.0. The summed E-state index contributed by atoms with van der Waals surface area (Å²) in [4.78, 5) is 37.5. The first-order chi connectivity index (χ1) is 45.0. The average Bonchev–Trinajstić information content (AvgIpc) is 0.816. The molecule has 0 bridgehead atoms. The Morgan fingerprint density at radius 1 is 0.447 bits per heavy atom. The van der Waals surface area contributed by atoms with E-state index in [1.54, 1.807) is 14.2 Å². The fourth-order valence-corrected chi connectivity index (χ4v) is 10.2. The highest BCUT2D eigenvalue weighted by atomic mass is 16.5. The van der Waals surface area contributed by atoms with Crippen molar-refractivity contribution in [1.82, 2.24) is 0 Å². The van der Waals surface area contributed by atoms with Crippen molar-refractivity contribution < 1.29 is 9.47 Å². The van der Waals surface area contributed by atoms with Crippen LogP contribution < -0.4 is 30.7 Å². The molecule has 0 heterocycles. The predicted octanol–water partition coefficient (Wildman–Crippen LogP) is 22.5. The predicted molar refractivity (Wildman–Crippen MR) is 412 cm³/mol. The zero-order valence-electron chi connectivity index (χ0n) is 60.8. The lowest BCUT2D eigenvalue weighted by Crippen LogP contribution is -2.17. The van der Waals surface area contributed by atoms with Gasteiger partial charge in [-0.15, -0.1) is 0 Å². The SMILES string of the molecule is CC(C)=NC(=NC1CCCCC1)Nc1ccccc1.CC(C)=NC(=Nc1c(C(C)C)cccc1C(C)C)Nc1c(C(C)C)cccc1C(C)C.CCCCC(CC)CN=C(N=C(C)C)Nc1ccccc1.COc1ccc(NC(N=C(C)C)=Nc2ccccc2)cc1OC. The molecule has 1 unspecified atom stereocenters. The third-order valence-electron chi connectivity index (χ3n) is 15.1. The Kier molecular flexibility index (Phi) is 35.4. The molecule has 4 N–H and O–H groups in total. The standard InChI is InChI=1S/C28H41N3.C18H21N3O2.C18H29N3.C16H23N3/c1-17(2)22-13-11-14-23(18(3)4)26(22)30-28(29-21(9)10)31-27-24(19(5)6)15-12-16-25(27)20(7)8;1-13(2)19-18(20-14-8-6-5-7-9-14)21-15-10-11-16(22-3)17(12-15)23-4;1-5-7-11-16(6-2)14-19-18(20-15(3)4)21-17-12-9-8-10-13-17;1-13(2)17-16(18-14-9-5-3-6-10-14)19-15-11-7-4-8-12-15/h11-20H,1-10H3,(H,30,31);5-12H,1-4H3,(H,20,21);8-10,12-13,16H,5-7,11,14H2,1-4H3,(H,19,21);3,5-6,9-10,15H,4,7-8,11-12H2,1-2H3,(H,18,19). The van der Waals surface area contributed by atoms with E-state index in [-0.39, 0.29) is 0 Å². The molecular weight excluding hydrogens is 1160 g/mol. The van der Waals surface area contributed by atoms with Crippen LogP contribution in [-0.4, -0.2) is 73.5 Å². The molecule has 0 amide bonds. The number of aliphatic imine (C=N–C) groups is 8. The summed E-state index contributed by atoms with van der Waals surface area (Å²) < 4.78 is 10.6. The molecule has 1 aliphatic carbocycles. The Bertz CT molecular complexity index is 3380. The Labute approximate surface area is 566 Å². The van der Waals surface area contributed by atoms with Gasteiger partial charge in [0.1, 0.15) is 0 Å². The number of hydrogen-bond donors (Lipinski definition) is 4. The molecule has 0 aliphatic heterocycles. The monoisotopic (exact) mass is 1270 g/mol. The molecule has 1 saturated carbocycles. The van der Waals surface area contributed by atoms with E-state index in [1.807, 2.05) is 165 Å². The van der Waals surface area contributed by atoms with Crippen LogP contribution in [-0.2, 0) is 0 Å². The highest BCUT2D eigenvalue weighted by molar-refractivity contribution is 6.05. The van der Waals surface area contributed by atoms with Gasteiger partial charge in [-0.25, -0.2) is 34.9 Å². The maximum atomic E-state index is 5.32. The van der Waals surface area contributed by atoms with Crippen molar-refractivity contribution in [3.8, 4) is 11.5 Å². The van der Waals surface area contributed by atoms with E-state index < -0.39 is 0 Å². The molecule has 6 aromatic carbocycles. The third kappa shape index (κ3) is 29.2. The summed E-state index contributed by atoms with van der Waals surface area (Å²) in [7, 11) is 3.22. The second-order valence-corrected chi connectivity index (χ2v) is 25.8. The van der Waals surface area contributed by atoms with E-state index in [4.69, 9.17) is 29.4 Å². The number of hydrogen-bond acceptors (Lipinski definition) is 6. The minimum atomic E-state index is 0.388. The largest absolute Gasteiger partial charge is 0.493 e. The quantitative estimate of drug-likeness (QED) is 0.0466. The molecule has 7 rings (SSSR count). The summed E-state index contributed by atoms with van der Waals surface area (Å²) in [6, 6.07) is 49.0. The number of anilines is 4. The van der Waals surface area contributed by atoms with Crippen LogP contribution >= 0.6 is 0 Å². The highest BCUT2D eigenvalue weighted by Gasteiger charge is 2.19. The molecule has 1 aliphatic rings. The Balaban J connectivity index is 0.000000272. The number of ether oxygens (including phenoxy) is 2. The van der Waals surface area contributed by atoms with Crippen molar-refractivity contribution in [2.24, 2.45) is 45.9 Å². The molecule has 1 atom stereocenters. The Hall–Kier alpha value is -8.52. The van der Waals surface area contributed by atoms with E-state index in [2.05, 4.69) is 147 Å². The second-order valence-electron chi connectivity index (χ2n) is 25.8. The maximum Gasteiger partial charge on any atom is 0.227 e. The van der Waals surface area contributed by atoms with E-state index in [0.717, 1.165) is 75.4 Å². The molecule has 94 heavy (non-hydrogen) atoms. The van der Waals surface area contributed by atoms with Crippen molar-refractivity contribution in [2.45, 2.75) is 212 Å². The molecule has 506 valence electrons. The fourth-order valence-electron chi connectivity index (χ4n) is 10.2. The summed E-state index contributed by atoms with van der Waals surface area (Å²) in [5.74, 6) is 6.21. The lowest BCUT2D eigenvalue weighted by Gasteiger charge is -2.22. The van der Waals surface area contributed by atoms with Crippen molar-refractivity contribution in [1.29, 1.82) is 0 Å². The minimum Gasteiger partial charge on any atom is -0.493 e. The second kappa shape index (κ2) is 42.7. The first-order valence-corrected chi connectivity index (χ1v) is 34.1.